The normalized spacial score (nSPS) is 11.6. The number of rotatable bonds is 13. The largest absolute Gasteiger partial charge is 0.507 e. The molecule has 0 radical (unpaired) electrons. The van der Waals surface area contributed by atoms with E-state index in [1.165, 1.54) is 0 Å². The van der Waals surface area contributed by atoms with Crippen LogP contribution in [0.2, 0.25) is 5.02 Å². The Morgan fingerprint density at radius 3 is 2.38 bits per heavy atom. The first kappa shape index (κ1) is 25.5. The van der Waals surface area contributed by atoms with Crippen molar-refractivity contribution in [2.45, 2.75) is 58.9 Å². The third-order valence-corrected chi connectivity index (χ3v) is 5.17. The average molecular weight is 464 g/mol. The van der Waals surface area contributed by atoms with E-state index >= 15 is 0 Å². The number of aromatic hydroxyl groups is 1. The molecule has 0 saturated heterocycles. The van der Waals surface area contributed by atoms with Crippen molar-refractivity contribution in [2.24, 2.45) is 5.18 Å². The van der Waals surface area contributed by atoms with Gasteiger partial charge >= 0.3 is 5.97 Å². The van der Waals surface area contributed by atoms with Crippen LogP contribution < -0.4 is 14.2 Å². The number of carbonyl (C=O) groups excluding carboxylic acids is 1. The van der Waals surface area contributed by atoms with Crippen molar-refractivity contribution in [1.29, 1.82) is 0 Å². The van der Waals surface area contributed by atoms with Gasteiger partial charge in [0.2, 0.25) is 0 Å². The Morgan fingerprint density at radius 1 is 1.09 bits per heavy atom. The van der Waals surface area contributed by atoms with Crippen LogP contribution in [0.5, 0.6) is 23.0 Å². The zero-order chi connectivity index (χ0) is 23.5. The fourth-order valence-electron chi connectivity index (χ4n) is 3.17. The van der Waals surface area contributed by atoms with Gasteiger partial charge < -0.3 is 19.3 Å². The lowest BCUT2D eigenvalue weighted by Gasteiger charge is -2.17. The second-order valence-electron chi connectivity index (χ2n) is 7.23. The van der Waals surface area contributed by atoms with Gasteiger partial charge in [-0.3, -0.25) is 4.79 Å². The van der Waals surface area contributed by atoms with Crippen molar-refractivity contribution in [2.75, 3.05) is 13.2 Å². The fourth-order valence-corrected chi connectivity index (χ4v) is 3.40. The highest BCUT2D eigenvalue weighted by Gasteiger charge is 2.19. The summed E-state index contributed by atoms with van der Waals surface area (Å²) in [5.41, 5.74) is 1.22. The van der Waals surface area contributed by atoms with E-state index < -0.39 is 6.04 Å². The van der Waals surface area contributed by atoms with E-state index in [1.807, 2.05) is 13.8 Å². The molecule has 1 atom stereocenters. The molecule has 0 spiro atoms. The zero-order valence-electron chi connectivity index (χ0n) is 18.7. The first-order valence-corrected chi connectivity index (χ1v) is 11.3. The smallest absolute Gasteiger partial charge is 0.310 e. The first-order chi connectivity index (χ1) is 15.4. The molecule has 1 N–H and O–H groups in total. The van der Waals surface area contributed by atoms with E-state index in [2.05, 4.69) is 5.18 Å². The van der Waals surface area contributed by atoms with Gasteiger partial charge in [-0.2, -0.15) is 4.91 Å². The van der Waals surface area contributed by atoms with E-state index in [0.29, 0.717) is 65.9 Å². The predicted molar refractivity (Wildman–Crippen MR) is 124 cm³/mol. The van der Waals surface area contributed by atoms with Gasteiger partial charge in [0.25, 0.3) is 0 Å². The molecular formula is C24H30ClNO6. The summed E-state index contributed by atoms with van der Waals surface area (Å²) < 4.78 is 16.7. The van der Waals surface area contributed by atoms with Crippen LogP contribution in [-0.4, -0.2) is 24.3 Å². The summed E-state index contributed by atoms with van der Waals surface area (Å²) in [5, 5.41) is 14.1. The van der Waals surface area contributed by atoms with Gasteiger partial charge in [-0.05, 0) is 37.1 Å². The number of nitrogens with zero attached hydrogens (tertiary/aromatic N) is 1. The molecule has 2 aromatic carbocycles. The summed E-state index contributed by atoms with van der Waals surface area (Å²) in [6.45, 7) is 6.33. The van der Waals surface area contributed by atoms with Crippen LogP contribution in [0.15, 0.2) is 35.5 Å². The van der Waals surface area contributed by atoms with Crippen molar-refractivity contribution >= 4 is 17.6 Å². The maximum Gasteiger partial charge on any atom is 0.310 e. The van der Waals surface area contributed by atoms with Crippen LogP contribution >= 0.6 is 11.6 Å². The standard InChI is InChI=1S/C24H30ClNO6/c1-4-8-18-21(12-10-17(24(18)28)20(5-2)26-29)30-13-7-14-31-22-11-9-16(15-19(22)25)32-23(27)6-3/h9-12,15,20,28H,4-8,13-14H2,1-3H3. The number of ether oxygens (including phenoxy) is 3. The van der Waals surface area contributed by atoms with Gasteiger partial charge in [0.15, 0.2) is 0 Å². The minimum Gasteiger partial charge on any atom is -0.507 e. The Labute approximate surface area is 193 Å². The second kappa shape index (κ2) is 12.9. The highest BCUT2D eigenvalue weighted by Crippen LogP contribution is 2.38. The van der Waals surface area contributed by atoms with E-state index in [-0.39, 0.29) is 18.1 Å². The maximum absolute atomic E-state index is 11.4. The highest BCUT2D eigenvalue weighted by molar-refractivity contribution is 6.32. The first-order valence-electron chi connectivity index (χ1n) is 10.9. The molecule has 32 heavy (non-hydrogen) atoms. The molecule has 2 aromatic rings. The zero-order valence-corrected chi connectivity index (χ0v) is 19.5. The van der Waals surface area contributed by atoms with Gasteiger partial charge in [0.1, 0.15) is 29.0 Å². The summed E-state index contributed by atoms with van der Waals surface area (Å²) in [5.74, 6) is 1.21. The van der Waals surface area contributed by atoms with Gasteiger partial charge in [-0.25, -0.2) is 0 Å². The van der Waals surface area contributed by atoms with Crippen LogP contribution in [-0.2, 0) is 11.2 Å². The molecule has 0 aliphatic carbocycles. The Hall–Kier alpha value is -2.80. The highest BCUT2D eigenvalue weighted by atomic mass is 35.5. The SMILES string of the molecule is CCCc1c(OCCCOc2ccc(OC(=O)CC)cc2Cl)ccc(C(CC)N=O)c1O. The van der Waals surface area contributed by atoms with E-state index in [4.69, 9.17) is 25.8 Å². The summed E-state index contributed by atoms with van der Waals surface area (Å²) >= 11 is 6.20. The van der Waals surface area contributed by atoms with Gasteiger partial charge in [0.05, 0.1) is 18.2 Å². The van der Waals surface area contributed by atoms with Crippen LogP contribution in [0.25, 0.3) is 0 Å². The Kier molecular flexibility index (Phi) is 10.3. The number of halogens is 1. The number of hydrogen-bond donors (Lipinski definition) is 1. The van der Waals surface area contributed by atoms with Gasteiger partial charge in [-0.15, -0.1) is 0 Å². The molecule has 0 aromatic heterocycles. The lowest BCUT2D eigenvalue weighted by atomic mass is 9.98. The lowest BCUT2D eigenvalue weighted by Crippen LogP contribution is -2.08. The number of esters is 1. The van der Waals surface area contributed by atoms with Crippen LogP contribution in [0, 0.1) is 4.91 Å². The molecule has 0 saturated carbocycles. The molecule has 7 nitrogen and oxygen atoms in total. The van der Waals surface area contributed by atoms with Gasteiger partial charge in [0, 0.05) is 30.0 Å². The summed E-state index contributed by atoms with van der Waals surface area (Å²) in [6.07, 6.45) is 2.84. The summed E-state index contributed by atoms with van der Waals surface area (Å²) in [7, 11) is 0. The van der Waals surface area contributed by atoms with E-state index in [9.17, 15) is 14.8 Å². The molecule has 174 valence electrons. The molecule has 0 heterocycles. The Balaban J connectivity index is 1.93. The van der Waals surface area contributed by atoms with E-state index in [0.717, 1.165) is 6.42 Å². The number of carbonyl (C=O) groups is 1. The van der Waals surface area contributed by atoms with Crippen molar-refractivity contribution in [1.82, 2.24) is 0 Å². The molecule has 0 aliphatic rings. The van der Waals surface area contributed by atoms with Crippen LogP contribution in [0.3, 0.4) is 0 Å². The van der Waals surface area contributed by atoms with Crippen LogP contribution in [0.1, 0.15) is 63.6 Å². The van der Waals surface area contributed by atoms with Crippen LogP contribution in [0.4, 0.5) is 0 Å². The topological polar surface area (TPSA) is 94.4 Å². The third-order valence-electron chi connectivity index (χ3n) is 4.87. The maximum atomic E-state index is 11.4. The van der Waals surface area contributed by atoms with Gasteiger partial charge in [-0.1, -0.05) is 44.0 Å². The van der Waals surface area contributed by atoms with Crippen molar-refractivity contribution < 1.29 is 24.1 Å². The summed E-state index contributed by atoms with van der Waals surface area (Å²) in [4.78, 5) is 22.4. The predicted octanol–water partition coefficient (Wildman–Crippen LogP) is 6.38. The molecule has 0 bridgehead atoms. The Morgan fingerprint density at radius 2 is 1.78 bits per heavy atom. The third kappa shape index (κ3) is 6.85. The second-order valence-corrected chi connectivity index (χ2v) is 7.64. The Bertz CT molecular complexity index is 918. The quantitative estimate of drug-likeness (QED) is 0.160. The number of benzene rings is 2. The van der Waals surface area contributed by atoms with Crippen molar-refractivity contribution in [3.63, 3.8) is 0 Å². The number of phenols is 1. The molecule has 0 aliphatic heterocycles. The molecule has 2 rings (SSSR count). The minimum atomic E-state index is -0.574. The van der Waals surface area contributed by atoms with E-state index in [1.54, 1.807) is 37.3 Å². The number of phenolic OH excluding ortho intramolecular Hbond substituents is 1. The molecule has 0 fully saturated rings. The average Bonchev–Trinajstić information content (AvgIpc) is 2.78. The summed E-state index contributed by atoms with van der Waals surface area (Å²) in [6, 6.07) is 7.73. The lowest BCUT2D eigenvalue weighted by molar-refractivity contribution is -0.134. The minimum absolute atomic E-state index is 0.0858. The fraction of sp³-hybridized carbons (Fsp3) is 0.458. The molecule has 1 unspecified atom stereocenters. The molecular weight excluding hydrogens is 434 g/mol. The molecule has 8 heteroatoms. The molecule has 0 amide bonds. The van der Waals surface area contributed by atoms with Crippen molar-refractivity contribution in [3.05, 3.63) is 51.4 Å². The monoisotopic (exact) mass is 463 g/mol. The van der Waals surface area contributed by atoms with Crippen molar-refractivity contribution in [3.8, 4) is 23.0 Å². The number of nitroso groups, excluding NO2 is 1. The number of hydrogen-bond acceptors (Lipinski definition) is 7.